The Morgan fingerprint density at radius 1 is 1.10 bits per heavy atom. The van der Waals surface area contributed by atoms with Gasteiger partial charge in [0, 0.05) is 6.42 Å². The summed E-state index contributed by atoms with van der Waals surface area (Å²) in [6, 6.07) is 0. The molecule has 0 spiro atoms. The van der Waals surface area contributed by atoms with Crippen molar-refractivity contribution in [3.8, 4) is 0 Å². The number of aliphatic hydroxyl groups is 1. The standard InChI is InChI=1S/C27H44O2/c1-17(2)7-6-8-18(3)22-11-12-23-21-10-9-19-15-20(28)13-14-26(19,4)25(21)24(29)16-27(22,23)5/h15,17-18,21-25,29H,6-14,16H2,1-5H3/t18-,21+,22-,23+,24+,25-,26+,27-/m1/s1. The van der Waals surface area contributed by atoms with Crippen LogP contribution in [-0.2, 0) is 4.79 Å². The van der Waals surface area contributed by atoms with Crippen molar-refractivity contribution in [1.29, 1.82) is 0 Å². The lowest BCUT2D eigenvalue weighted by atomic mass is 9.45. The van der Waals surface area contributed by atoms with Gasteiger partial charge in [-0.1, -0.05) is 59.5 Å². The SMILES string of the molecule is CC(C)CCC[C@@H](C)[C@H]1CC[C@H]2[C@@H]3CCC4=CC(=O)CC[C@]4(C)[C@H]3[C@@H](O)C[C@]12C. The van der Waals surface area contributed by atoms with Gasteiger partial charge in [0.1, 0.15) is 0 Å². The molecule has 0 aromatic rings. The first kappa shape index (κ1) is 21.6. The minimum Gasteiger partial charge on any atom is -0.393 e. The number of ketones is 1. The van der Waals surface area contributed by atoms with Crippen molar-refractivity contribution in [2.75, 3.05) is 0 Å². The van der Waals surface area contributed by atoms with Crippen molar-refractivity contribution in [1.82, 2.24) is 0 Å². The Kier molecular flexibility index (Phi) is 5.82. The van der Waals surface area contributed by atoms with Crippen LogP contribution in [0.2, 0.25) is 0 Å². The Hall–Kier alpha value is -0.630. The summed E-state index contributed by atoms with van der Waals surface area (Å²) in [5.41, 5.74) is 1.72. The first-order valence-corrected chi connectivity index (χ1v) is 12.6. The molecule has 8 atom stereocenters. The average molecular weight is 401 g/mol. The molecule has 2 heteroatoms. The maximum Gasteiger partial charge on any atom is 0.155 e. The minimum absolute atomic E-state index is 0.0541. The highest BCUT2D eigenvalue weighted by Gasteiger charge is 2.62. The summed E-state index contributed by atoms with van der Waals surface area (Å²) in [7, 11) is 0. The molecule has 0 aromatic heterocycles. The first-order chi connectivity index (χ1) is 13.7. The third-order valence-corrected chi connectivity index (χ3v) is 10.1. The van der Waals surface area contributed by atoms with Gasteiger partial charge in [0.15, 0.2) is 5.78 Å². The number of hydrogen-bond donors (Lipinski definition) is 1. The molecule has 4 aliphatic rings. The molecular formula is C27H44O2. The van der Waals surface area contributed by atoms with Gasteiger partial charge in [0.05, 0.1) is 6.10 Å². The second kappa shape index (κ2) is 7.81. The highest BCUT2D eigenvalue weighted by Crippen LogP contribution is 2.67. The summed E-state index contributed by atoms with van der Waals surface area (Å²) in [6.07, 6.45) is 13.4. The second-order valence-corrected chi connectivity index (χ2v) is 12.2. The van der Waals surface area contributed by atoms with E-state index in [2.05, 4.69) is 34.6 Å². The number of carbonyl (C=O) groups is 1. The van der Waals surface area contributed by atoms with E-state index in [4.69, 9.17) is 0 Å². The molecular weight excluding hydrogens is 356 g/mol. The van der Waals surface area contributed by atoms with Gasteiger partial charge in [-0.2, -0.15) is 0 Å². The van der Waals surface area contributed by atoms with Crippen LogP contribution < -0.4 is 0 Å². The summed E-state index contributed by atoms with van der Waals surface area (Å²) in [4.78, 5) is 12.0. The number of aliphatic hydroxyl groups excluding tert-OH is 1. The Bertz CT molecular complexity index is 663. The predicted molar refractivity (Wildman–Crippen MR) is 119 cm³/mol. The molecule has 4 rings (SSSR count). The van der Waals surface area contributed by atoms with Gasteiger partial charge in [-0.3, -0.25) is 4.79 Å². The molecule has 0 saturated heterocycles. The maximum absolute atomic E-state index is 12.0. The molecule has 0 unspecified atom stereocenters. The van der Waals surface area contributed by atoms with Crippen LogP contribution in [0.15, 0.2) is 11.6 Å². The lowest BCUT2D eigenvalue weighted by Gasteiger charge is -2.60. The summed E-state index contributed by atoms with van der Waals surface area (Å²) >= 11 is 0. The molecule has 0 radical (unpaired) electrons. The monoisotopic (exact) mass is 400 g/mol. The van der Waals surface area contributed by atoms with E-state index in [1.807, 2.05) is 6.08 Å². The minimum atomic E-state index is -0.202. The van der Waals surface area contributed by atoms with Gasteiger partial charge in [-0.15, -0.1) is 0 Å². The lowest BCUT2D eigenvalue weighted by molar-refractivity contribution is -0.136. The summed E-state index contributed by atoms with van der Waals surface area (Å²) < 4.78 is 0. The smallest absolute Gasteiger partial charge is 0.155 e. The molecule has 3 fully saturated rings. The van der Waals surface area contributed by atoms with E-state index in [0.29, 0.717) is 29.5 Å². The van der Waals surface area contributed by atoms with Crippen molar-refractivity contribution < 1.29 is 9.90 Å². The van der Waals surface area contributed by atoms with Crippen LogP contribution in [0.25, 0.3) is 0 Å². The predicted octanol–water partition coefficient (Wildman–Crippen LogP) is 6.57. The fourth-order valence-electron chi connectivity index (χ4n) is 8.71. The molecule has 0 bridgehead atoms. The third kappa shape index (κ3) is 3.56. The molecule has 0 aliphatic heterocycles. The van der Waals surface area contributed by atoms with Gasteiger partial charge >= 0.3 is 0 Å². The number of allylic oxidation sites excluding steroid dienone is 1. The van der Waals surface area contributed by atoms with E-state index >= 15 is 0 Å². The third-order valence-electron chi connectivity index (χ3n) is 10.1. The van der Waals surface area contributed by atoms with Crippen molar-refractivity contribution in [3.63, 3.8) is 0 Å². The molecule has 0 heterocycles. The number of fused-ring (bicyclic) bond motifs is 5. The molecule has 1 N–H and O–H groups in total. The van der Waals surface area contributed by atoms with E-state index in [1.54, 1.807) is 0 Å². The normalized spacial score (nSPS) is 45.4. The molecule has 29 heavy (non-hydrogen) atoms. The van der Waals surface area contributed by atoms with E-state index in [9.17, 15) is 9.90 Å². The molecule has 2 nitrogen and oxygen atoms in total. The fourth-order valence-corrected chi connectivity index (χ4v) is 8.71. The molecule has 164 valence electrons. The van der Waals surface area contributed by atoms with Crippen molar-refractivity contribution in [2.24, 2.45) is 46.3 Å². The Morgan fingerprint density at radius 2 is 1.86 bits per heavy atom. The van der Waals surface area contributed by atoms with Gasteiger partial charge in [-0.25, -0.2) is 0 Å². The molecule has 0 aromatic carbocycles. The average Bonchev–Trinajstić information content (AvgIpc) is 2.98. The Labute approximate surface area is 178 Å². The van der Waals surface area contributed by atoms with Crippen molar-refractivity contribution in [3.05, 3.63) is 11.6 Å². The molecule has 0 amide bonds. The van der Waals surface area contributed by atoms with Crippen LogP contribution in [0, 0.1) is 46.3 Å². The summed E-state index contributed by atoms with van der Waals surface area (Å²) in [5.74, 6) is 4.43. The van der Waals surface area contributed by atoms with Crippen LogP contribution in [-0.4, -0.2) is 17.0 Å². The topological polar surface area (TPSA) is 37.3 Å². The van der Waals surface area contributed by atoms with Crippen LogP contribution in [0.1, 0.15) is 98.8 Å². The molecule has 4 aliphatic carbocycles. The van der Waals surface area contributed by atoms with Gasteiger partial charge in [0.25, 0.3) is 0 Å². The fraction of sp³-hybridized carbons (Fsp3) is 0.889. The number of hydrogen-bond acceptors (Lipinski definition) is 2. The van der Waals surface area contributed by atoms with Crippen LogP contribution in [0.3, 0.4) is 0 Å². The highest BCUT2D eigenvalue weighted by atomic mass is 16.3. The summed E-state index contributed by atoms with van der Waals surface area (Å²) in [5, 5.41) is 11.5. The summed E-state index contributed by atoms with van der Waals surface area (Å²) in [6.45, 7) is 12.1. The first-order valence-electron chi connectivity index (χ1n) is 12.6. The highest BCUT2D eigenvalue weighted by molar-refractivity contribution is 5.91. The largest absolute Gasteiger partial charge is 0.393 e. The maximum atomic E-state index is 12.0. The molecule has 3 saturated carbocycles. The van der Waals surface area contributed by atoms with Crippen molar-refractivity contribution in [2.45, 2.75) is 105 Å². The number of carbonyl (C=O) groups excluding carboxylic acids is 1. The van der Waals surface area contributed by atoms with E-state index in [0.717, 1.165) is 42.9 Å². The van der Waals surface area contributed by atoms with E-state index in [1.165, 1.54) is 44.1 Å². The zero-order valence-corrected chi connectivity index (χ0v) is 19.5. The van der Waals surface area contributed by atoms with Crippen LogP contribution >= 0.6 is 0 Å². The number of rotatable bonds is 5. The van der Waals surface area contributed by atoms with Crippen molar-refractivity contribution >= 4 is 5.78 Å². The van der Waals surface area contributed by atoms with E-state index < -0.39 is 0 Å². The zero-order valence-electron chi connectivity index (χ0n) is 19.5. The van der Waals surface area contributed by atoms with Gasteiger partial charge in [0.2, 0.25) is 0 Å². The second-order valence-electron chi connectivity index (χ2n) is 12.2. The Balaban J connectivity index is 1.54. The van der Waals surface area contributed by atoms with Gasteiger partial charge in [-0.05, 0) is 90.9 Å². The van der Waals surface area contributed by atoms with Gasteiger partial charge < -0.3 is 5.11 Å². The van der Waals surface area contributed by atoms with Crippen LogP contribution in [0.5, 0.6) is 0 Å². The van der Waals surface area contributed by atoms with E-state index in [-0.39, 0.29) is 11.5 Å². The Morgan fingerprint density at radius 3 is 2.59 bits per heavy atom. The lowest BCUT2D eigenvalue weighted by Crippen LogP contribution is -2.56. The van der Waals surface area contributed by atoms with Crippen LogP contribution in [0.4, 0.5) is 0 Å². The zero-order chi connectivity index (χ0) is 21.0. The quantitative estimate of drug-likeness (QED) is 0.567.